The predicted molar refractivity (Wildman–Crippen MR) is 120 cm³/mol. The topological polar surface area (TPSA) is 115 Å². The van der Waals surface area contributed by atoms with Crippen LogP contribution >= 0.6 is 11.6 Å². The highest BCUT2D eigenvalue weighted by Gasteiger charge is 2.36. The van der Waals surface area contributed by atoms with E-state index in [-0.39, 0.29) is 18.2 Å². The van der Waals surface area contributed by atoms with Gasteiger partial charge in [-0.3, -0.25) is 15.1 Å². The van der Waals surface area contributed by atoms with E-state index < -0.39 is 36.2 Å². The first-order chi connectivity index (χ1) is 16.4. The number of halogens is 1. The van der Waals surface area contributed by atoms with E-state index in [2.05, 4.69) is 10.8 Å². The largest absolute Gasteiger partial charge is 0.467 e. The van der Waals surface area contributed by atoms with E-state index in [0.717, 1.165) is 12.7 Å². The first-order valence-electron chi connectivity index (χ1n) is 10.5. The van der Waals surface area contributed by atoms with E-state index in [1.54, 1.807) is 54.6 Å². The molecule has 3 atom stereocenters. The second-order valence-electron chi connectivity index (χ2n) is 7.08. The fourth-order valence-corrected chi connectivity index (χ4v) is 3.24. The molecule has 2 aromatic carbocycles. The van der Waals surface area contributed by atoms with Crippen LogP contribution in [-0.2, 0) is 36.9 Å². The number of carbonyl (C=O) groups excluding carboxylic acids is 3. The molecule has 0 saturated heterocycles. The fraction of sp³-hybridized carbons (Fsp3) is 0.261. The van der Waals surface area contributed by atoms with Crippen molar-refractivity contribution < 1.29 is 30.1 Å². The van der Waals surface area contributed by atoms with Crippen LogP contribution in [0.25, 0.3) is 0 Å². The van der Waals surface area contributed by atoms with Gasteiger partial charge in [-0.25, -0.2) is 9.59 Å². The number of nitrogens with one attached hydrogen (secondary N) is 3. The quantitative estimate of drug-likeness (QED) is 0.377. The summed E-state index contributed by atoms with van der Waals surface area (Å²) in [7, 11) is 1.16. The maximum atomic E-state index is 13.2. The van der Waals surface area contributed by atoms with E-state index >= 15 is 0 Å². The van der Waals surface area contributed by atoms with Crippen molar-refractivity contribution in [2.24, 2.45) is 0 Å². The second-order valence-corrected chi connectivity index (χ2v) is 7.49. The lowest BCUT2D eigenvalue weighted by Crippen LogP contribution is -2.56. The van der Waals surface area contributed by atoms with Crippen molar-refractivity contribution in [2.75, 3.05) is 7.11 Å². The van der Waals surface area contributed by atoms with E-state index in [4.69, 9.17) is 27.3 Å². The molecule has 3 rings (SSSR count). The lowest BCUT2D eigenvalue weighted by Gasteiger charge is -2.24. The Labute approximate surface area is 197 Å². The van der Waals surface area contributed by atoms with Crippen molar-refractivity contribution in [1.82, 2.24) is 16.1 Å². The Kier molecular flexibility index (Phi) is 8.15. The van der Waals surface area contributed by atoms with Gasteiger partial charge in [-0.05, 0) is 17.2 Å². The summed E-state index contributed by atoms with van der Waals surface area (Å²) in [5.41, 5.74) is 3.82. The van der Waals surface area contributed by atoms with E-state index in [9.17, 15) is 14.4 Å². The molecule has 0 aromatic heterocycles. The summed E-state index contributed by atoms with van der Waals surface area (Å²) in [5.74, 6) is -1.56. The molecule has 2 aromatic rings. The molecule has 0 fully saturated rings. The highest BCUT2D eigenvalue weighted by molar-refractivity contribution is 6.29. The van der Waals surface area contributed by atoms with Gasteiger partial charge in [0.2, 0.25) is 5.91 Å². The van der Waals surface area contributed by atoms with Crippen molar-refractivity contribution >= 4 is 29.6 Å². The lowest BCUT2D eigenvalue weighted by atomic mass is 10.0. The molecule has 9 nitrogen and oxygen atoms in total. The molecule has 10 heteroatoms. The molecule has 0 aliphatic carbocycles. The third-order valence-corrected chi connectivity index (χ3v) is 4.93. The summed E-state index contributed by atoms with van der Waals surface area (Å²) in [5, 5.41) is 3.10. The highest BCUT2D eigenvalue weighted by Crippen LogP contribution is 2.15. The van der Waals surface area contributed by atoms with Crippen LogP contribution in [0.4, 0.5) is 4.79 Å². The molecule has 33 heavy (non-hydrogen) atoms. The van der Waals surface area contributed by atoms with Gasteiger partial charge in [0.25, 0.3) is 0 Å². The molecule has 0 radical (unpaired) electrons. The number of benzene rings is 2. The molecular weight excluding hydrogens is 450 g/mol. The number of hydrogen-bond donors (Lipinski definition) is 3. The third-order valence-electron chi connectivity index (χ3n) is 4.73. The summed E-state index contributed by atoms with van der Waals surface area (Å²) < 4.78 is 18.3. The summed E-state index contributed by atoms with van der Waals surface area (Å²) in [6.45, 7) is -0.0651. The van der Waals surface area contributed by atoms with E-state index in [1.807, 2.05) is 6.07 Å². The second kappa shape index (κ2) is 11.9. The number of hydroxylamine groups is 1. The van der Waals surface area contributed by atoms with Crippen LogP contribution in [0.1, 0.15) is 11.1 Å². The normalized spacial score (nSPS) is 17.0. The average Bonchev–Trinajstić information content (AvgIpc) is 3.30. The van der Waals surface area contributed by atoms with Crippen LogP contribution in [-0.4, -0.2) is 43.3 Å². The number of alkyl carbamates (subject to hydrolysis) is 1. The zero-order valence-electron chi connectivity index (χ0n) is 18.8. The summed E-state index contributed by atoms with van der Waals surface area (Å²) in [4.78, 5) is 43.3. The third kappa shape index (κ3) is 7.23. The van der Waals surface area contributed by atoms with Gasteiger partial charge in [-0.15, -0.1) is 0 Å². The maximum absolute atomic E-state index is 13.2. The Morgan fingerprint density at radius 3 is 2.33 bits per heavy atom. The first-order valence-corrected chi connectivity index (χ1v) is 10.5. The van der Waals surface area contributed by atoms with Crippen molar-refractivity contribution in [3.8, 4) is 0 Å². The lowest BCUT2D eigenvalue weighted by molar-refractivity contribution is -0.149. The minimum atomic E-state index is -1.31. The van der Waals surface area contributed by atoms with Gasteiger partial charge in [0.05, 0.1) is 7.11 Å². The van der Waals surface area contributed by atoms with Crippen molar-refractivity contribution in [2.45, 2.75) is 31.2 Å². The van der Waals surface area contributed by atoms with Gasteiger partial charge in [0.15, 0.2) is 7.45 Å². The summed E-state index contributed by atoms with van der Waals surface area (Å²) in [6.07, 6.45) is -0.575. The Morgan fingerprint density at radius 1 is 1.12 bits per heavy atom. The van der Waals surface area contributed by atoms with Crippen LogP contribution in [0.5, 0.6) is 0 Å². The van der Waals surface area contributed by atoms with Crippen LogP contribution in [0, 0.1) is 0 Å². The molecule has 0 saturated carbocycles. The van der Waals surface area contributed by atoms with Gasteiger partial charge in [0.1, 0.15) is 23.9 Å². The van der Waals surface area contributed by atoms with Gasteiger partial charge < -0.3 is 20.1 Å². The molecule has 1 aliphatic heterocycles. The van der Waals surface area contributed by atoms with Crippen LogP contribution in [0.2, 0.25) is 1.41 Å². The molecule has 1 aliphatic rings. The van der Waals surface area contributed by atoms with Crippen LogP contribution in [0.3, 0.4) is 0 Å². The first kappa shape index (κ1) is 22.6. The van der Waals surface area contributed by atoms with Crippen molar-refractivity contribution in [3.63, 3.8) is 0 Å². The molecule has 0 spiro atoms. The number of carbonyl (C=O) groups is 3. The van der Waals surface area contributed by atoms with E-state index in [1.165, 1.54) is 6.08 Å². The minimum absolute atomic E-state index is 0.00483. The molecule has 2 amide bonds. The SMILES string of the molecule is [2H]N(C(=O)OCc1ccccc1)[C@@H](Cc1ccccc1)C(=O)NC(C(=O)OC)C1C=C(Cl)NO1. The maximum Gasteiger partial charge on any atom is 0.408 e. The Bertz CT molecular complexity index is 1020. The number of methoxy groups -OCH3 is 1. The fourth-order valence-electron chi connectivity index (χ4n) is 3.07. The molecule has 1 heterocycles. The number of esters is 1. The minimum Gasteiger partial charge on any atom is -0.467 e. The van der Waals surface area contributed by atoms with E-state index in [0.29, 0.717) is 10.9 Å². The van der Waals surface area contributed by atoms with Gasteiger partial charge in [0, 0.05) is 6.42 Å². The smallest absolute Gasteiger partial charge is 0.408 e. The summed E-state index contributed by atoms with van der Waals surface area (Å²) in [6, 6.07) is 15.2. The molecule has 0 bridgehead atoms. The Morgan fingerprint density at radius 2 is 1.76 bits per heavy atom. The average molecular weight is 475 g/mol. The standard InChI is InChI=1S/C23H24ClN3O6/c1-31-22(29)20(18-13-19(24)27-33-18)26-21(28)17(12-15-8-4-2-5-9-15)25-23(30)32-14-16-10-6-3-7-11-16/h2-11,13,17-18,20,27H,12,14H2,1H3,(H,25,30)(H,26,28)/t17-,18?,20?/m0/s1/i/hD. The Hall–Kier alpha value is -3.56. The van der Waals surface area contributed by atoms with Crippen LogP contribution in [0.15, 0.2) is 71.9 Å². The number of ether oxygens (including phenoxy) is 2. The zero-order valence-corrected chi connectivity index (χ0v) is 18.5. The van der Waals surface area contributed by atoms with Crippen molar-refractivity contribution in [3.05, 3.63) is 83.0 Å². The summed E-state index contributed by atoms with van der Waals surface area (Å²) >= 11 is 5.84. The monoisotopic (exact) mass is 474 g/mol. The van der Waals surface area contributed by atoms with Gasteiger partial charge in [-0.2, -0.15) is 0 Å². The number of hydrogen-bond acceptors (Lipinski definition) is 7. The number of amides is 2. The predicted octanol–water partition coefficient (Wildman–Crippen LogP) is 2.17. The molecular formula is C23H24ClN3O6. The Balaban J connectivity index is 1.77. The van der Waals surface area contributed by atoms with Gasteiger partial charge in [-0.1, -0.05) is 72.3 Å². The van der Waals surface area contributed by atoms with Crippen LogP contribution < -0.4 is 16.1 Å². The molecule has 3 N–H and O–H groups in total. The zero-order chi connectivity index (χ0) is 24.5. The molecule has 2 unspecified atom stereocenters. The molecule has 174 valence electrons. The number of rotatable bonds is 9. The highest BCUT2D eigenvalue weighted by atomic mass is 35.5. The van der Waals surface area contributed by atoms with Gasteiger partial charge >= 0.3 is 12.1 Å². The van der Waals surface area contributed by atoms with Crippen molar-refractivity contribution in [1.29, 1.82) is 0 Å².